The van der Waals surface area contributed by atoms with Crippen LogP contribution in [0.15, 0.2) is 30.3 Å². The van der Waals surface area contributed by atoms with Gasteiger partial charge in [0, 0.05) is 6.04 Å². The molecule has 1 unspecified atom stereocenters. The second kappa shape index (κ2) is 6.75. The number of hydrogen-bond acceptors (Lipinski definition) is 4. The van der Waals surface area contributed by atoms with Gasteiger partial charge in [-0.2, -0.15) is 0 Å². The van der Waals surface area contributed by atoms with E-state index in [1.807, 2.05) is 30.3 Å². The summed E-state index contributed by atoms with van der Waals surface area (Å²) >= 11 is 0. The minimum atomic E-state index is -3.29. The van der Waals surface area contributed by atoms with E-state index >= 15 is 0 Å². The van der Waals surface area contributed by atoms with Crippen LogP contribution in [0.5, 0.6) is 0 Å². The van der Waals surface area contributed by atoms with E-state index in [9.17, 15) is 8.42 Å². The average Bonchev–Trinajstić information content (AvgIpc) is 3.29. The Hall–Kier alpha value is -0.950. The van der Waals surface area contributed by atoms with Crippen LogP contribution in [0.2, 0.25) is 0 Å². The van der Waals surface area contributed by atoms with Gasteiger partial charge in [-0.05, 0) is 45.1 Å². The van der Waals surface area contributed by atoms with E-state index in [0.717, 1.165) is 25.0 Å². The van der Waals surface area contributed by atoms with Crippen LogP contribution < -0.4 is 4.72 Å². The Bertz CT molecular complexity index is 643. The maximum atomic E-state index is 12.2. The SMILES string of the molecule is CC(C)(C)S(=O)(=O)NC1CC(C(OCc2ccccc2)[C@H]2CO2)C1. The first-order valence-electron chi connectivity index (χ1n) is 8.55. The van der Waals surface area contributed by atoms with Gasteiger partial charge in [-0.1, -0.05) is 30.3 Å². The molecule has 3 rings (SSSR count). The Balaban J connectivity index is 1.51. The van der Waals surface area contributed by atoms with Crippen molar-refractivity contribution < 1.29 is 17.9 Å². The lowest BCUT2D eigenvalue weighted by Crippen LogP contribution is -2.53. The molecular formula is C18H27NO4S. The molecule has 6 heteroatoms. The molecule has 0 amide bonds. The zero-order chi connectivity index (χ0) is 17.4. The third kappa shape index (κ3) is 4.17. The normalized spacial score (nSPS) is 28.2. The number of epoxide rings is 1. The van der Waals surface area contributed by atoms with Gasteiger partial charge in [0.25, 0.3) is 0 Å². The third-order valence-electron chi connectivity index (χ3n) is 4.78. The first kappa shape index (κ1) is 17.9. The standard InChI is InChI=1S/C18H27NO4S/c1-18(2,3)24(20,21)19-15-9-14(10-15)17(16-12-22-16)23-11-13-7-5-4-6-8-13/h4-8,14-17,19H,9-12H2,1-3H3/t14?,15?,16-,17?/m1/s1. The smallest absolute Gasteiger partial charge is 0.216 e. The summed E-state index contributed by atoms with van der Waals surface area (Å²) in [6, 6.07) is 10.1. The molecule has 0 aromatic heterocycles. The van der Waals surface area contributed by atoms with Gasteiger partial charge < -0.3 is 9.47 Å². The summed E-state index contributed by atoms with van der Waals surface area (Å²) in [6.07, 6.45) is 1.85. The van der Waals surface area contributed by atoms with Crippen molar-refractivity contribution in [1.29, 1.82) is 0 Å². The van der Waals surface area contributed by atoms with Crippen LogP contribution in [0.4, 0.5) is 0 Å². The molecule has 0 bridgehead atoms. The van der Waals surface area contributed by atoms with Crippen molar-refractivity contribution >= 4 is 10.0 Å². The summed E-state index contributed by atoms with van der Waals surface area (Å²) in [6.45, 7) is 6.47. The third-order valence-corrected chi connectivity index (χ3v) is 7.03. The molecule has 24 heavy (non-hydrogen) atoms. The molecule has 134 valence electrons. The summed E-state index contributed by atoms with van der Waals surface area (Å²) in [5.74, 6) is 0.355. The van der Waals surface area contributed by atoms with Crippen LogP contribution in [0.3, 0.4) is 0 Å². The Morgan fingerprint density at radius 3 is 2.42 bits per heavy atom. The second-order valence-electron chi connectivity index (χ2n) is 7.80. The number of rotatable bonds is 7. The fourth-order valence-corrected chi connectivity index (χ4v) is 3.97. The molecule has 1 aliphatic heterocycles. The number of benzene rings is 1. The summed E-state index contributed by atoms with van der Waals surface area (Å²) in [5, 5.41) is 0. The van der Waals surface area contributed by atoms with E-state index in [4.69, 9.17) is 9.47 Å². The number of hydrogen-bond donors (Lipinski definition) is 1. The van der Waals surface area contributed by atoms with Crippen molar-refractivity contribution in [1.82, 2.24) is 4.72 Å². The molecule has 2 aliphatic rings. The fourth-order valence-electron chi connectivity index (χ4n) is 2.98. The van der Waals surface area contributed by atoms with Crippen LogP contribution >= 0.6 is 0 Å². The topological polar surface area (TPSA) is 67.9 Å². The van der Waals surface area contributed by atoms with Crippen molar-refractivity contribution in [2.75, 3.05) is 6.61 Å². The number of nitrogens with one attached hydrogen (secondary N) is 1. The van der Waals surface area contributed by atoms with Crippen LogP contribution in [0.25, 0.3) is 0 Å². The van der Waals surface area contributed by atoms with E-state index in [1.165, 1.54) is 0 Å². The van der Waals surface area contributed by atoms with Crippen LogP contribution in [0, 0.1) is 5.92 Å². The summed E-state index contributed by atoms with van der Waals surface area (Å²) < 4.78 is 38.0. The highest BCUT2D eigenvalue weighted by Gasteiger charge is 2.46. The van der Waals surface area contributed by atoms with E-state index in [2.05, 4.69) is 4.72 Å². The molecule has 1 aliphatic carbocycles. The Labute approximate surface area is 144 Å². The molecular weight excluding hydrogens is 326 g/mol. The quantitative estimate of drug-likeness (QED) is 0.765. The van der Waals surface area contributed by atoms with Crippen LogP contribution in [0.1, 0.15) is 39.2 Å². The summed E-state index contributed by atoms with van der Waals surface area (Å²) in [7, 11) is -3.29. The number of sulfonamides is 1. The summed E-state index contributed by atoms with van der Waals surface area (Å²) in [5.41, 5.74) is 1.15. The Morgan fingerprint density at radius 2 is 1.88 bits per heavy atom. The van der Waals surface area contributed by atoms with Gasteiger partial charge in [-0.3, -0.25) is 0 Å². The lowest BCUT2D eigenvalue weighted by molar-refractivity contribution is -0.0456. The second-order valence-corrected chi connectivity index (χ2v) is 10.3. The maximum absolute atomic E-state index is 12.2. The van der Waals surface area contributed by atoms with Gasteiger partial charge in [0.1, 0.15) is 6.10 Å². The molecule has 0 spiro atoms. The van der Waals surface area contributed by atoms with Gasteiger partial charge in [-0.25, -0.2) is 13.1 Å². The van der Waals surface area contributed by atoms with Crippen molar-refractivity contribution in [3.05, 3.63) is 35.9 Å². The van der Waals surface area contributed by atoms with Crippen molar-refractivity contribution in [3.63, 3.8) is 0 Å². The Morgan fingerprint density at radius 1 is 1.25 bits per heavy atom. The van der Waals surface area contributed by atoms with E-state index in [-0.39, 0.29) is 18.2 Å². The van der Waals surface area contributed by atoms with Gasteiger partial charge in [-0.15, -0.1) is 0 Å². The molecule has 5 nitrogen and oxygen atoms in total. The number of ether oxygens (including phenoxy) is 2. The predicted octanol–water partition coefficient (Wildman–Crippen LogP) is 2.47. The highest BCUT2D eigenvalue weighted by atomic mass is 32.2. The molecule has 2 atom stereocenters. The lowest BCUT2D eigenvalue weighted by atomic mass is 9.76. The first-order chi connectivity index (χ1) is 11.3. The van der Waals surface area contributed by atoms with E-state index < -0.39 is 14.8 Å². The average molecular weight is 353 g/mol. The van der Waals surface area contributed by atoms with Gasteiger partial charge in [0.2, 0.25) is 10.0 Å². The molecule has 1 saturated heterocycles. The molecule has 1 saturated carbocycles. The zero-order valence-corrected chi connectivity index (χ0v) is 15.4. The van der Waals surface area contributed by atoms with Gasteiger partial charge in [0.15, 0.2) is 0 Å². The summed E-state index contributed by atoms with van der Waals surface area (Å²) in [4.78, 5) is 0. The van der Waals surface area contributed by atoms with Crippen molar-refractivity contribution in [3.8, 4) is 0 Å². The molecule has 0 radical (unpaired) electrons. The maximum Gasteiger partial charge on any atom is 0.216 e. The van der Waals surface area contributed by atoms with Gasteiger partial charge >= 0.3 is 0 Å². The van der Waals surface area contributed by atoms with Crippen LogP contribution in [-0.4, -0.2) is 38.0 Å². The molecule has 1 N–H and O–H groups in total. The Kier molecular flexibility index (Phi) is 5.02. The van der Waals surface area contributed by atoms with Crippen molar-refractivity contribution in [2.45, 2.75) is 63.2 Å². The largest absolute Gasteiger partial charge is 0.370 e. The van der Waals surface area contributed by atoms with Crippen LogP contribution in [-0.2, 0) is 26.1 Å². The van der Waals surface area contributed by atoms with Crippen molar-refractivity contribution in [2.24, 2.45) is 5.92 Å². The minimum Gasteiger partial charge on any atom is -0.370 e. The lowest BCUT2D eigenvalue weighted by Gasteiger charge is -2.41. The molecule has 1 aromatic carbocycles. The fraction of sp³-hybridized carbons (Fsp3) is 0.667. The zero-order valence-electron chi connectivity index (χ0n) is 14.6. The highest BCUT2D eigenvalue weighted by molar-refractivity contribution is 7.90. The van der Waals surface area contributed by atoms with E-state index in [0.29, 0.717) is 12.5 Å². The molecule has 1 aromatic rings. The first-order valence-corrected chi connectivity index (χ1v) is 10.0. The molecule has 1 heterocycles. The molecule has 2 fully saturated rings. The predicted molar refractivity (Wildman–Crippen MR) is 93.1 cm³/mol. The van der Waals surface area contributed by atoms with E-state index in [1.54, 1.807) is 20.8 Å². The monoisotopic (exact) mass is 353 g/mol. The highest BCUT2D eigenvalue weighted by Crippen LogP contribution is 2.38. The van der Waals surface area contributed by atoms with Gasteiger partial charge in [0.05, 0.1) is 24.1 Å². The minimum absolute atomic E-state index is 0.0146.